The molecule has 0 radical (unpaired) electrons. The second-order valence-electron chi connectivity index (χ2n) is 7.44. The number of hydrogen-bond acceptors (Lipinski definition) is 4. The highest BCUT2D eigenvalue weighted by Crippen LogP contribution is 2.28. The van der Waals surface area contributed by atoms with E-state index in [1.807, 2.05) is 13.8 Å². The number of sulfonamides is 1. The van der Waals surface area contributed by atoms with Gasteiger partial charge in [-0.3, -0.25) is 4.79 Å². The van der Waals surface area contributed by atoms with Crippen LogP contribution in [0, 0.1) is 18.7 Å². The number of aryl methyl sites for hydroxylation is 1. The van der Waals surface area contributed by atoms with E-state index in [1.54, 1.807) is 25.2 Å². The number of amides is 1. The Morgan fingerprint density at radius 2 is 1.93 bits per heavy atom. The second kappa shape index (κ2) is 9.14. The molecule has 1 fully saturated rings. The van der Waals surface area contributed by atoms with Crippen molar-refractivity contribution < 1.29 is 22.3 Å². The third kappa shape index (κ3) is 4.65. The quantitative estimate of drug-likeness (QED) is 0.697. The Morgan fingerprint density at radius 3 is 2.57 bits per heavy atom. The molecule has 0 aromatic heterocycles. The molecule has 1 atom stereocenters. The number of nitrogens with zero attached hydrogens (tertiary/aromatic N) is 2. The van der Waals surface area contributed by atoms with Crippen LogP contribution < -0.4 is 9.64 Å². The van der Waals surface area contributed by atoms with E-state index < -0.39 is 15.9 Å². The zero-order chi connectivity index (χ0) is 21.9. The third-order valence-corrected chi connectivity index (χ3v) is 7.22. The van der Waals surface area contributed by atoms with Gasteiger partial charge in [0.2, 0.25) is 15.9 Å². The Bertz CT molecular complexity index is 1010. The maximum absolute atomic E-state index is 13.2. The molecular weight excluding hydrogens is 407 g/mol. The second-order valence-corrected chi connectivity index (χ2v) is 9.37. The van der Waals surface area contributed by atoms with Gasteiger partial charge in [0, 0.05) is 25.8 Å². The van der Waals surface area contributed by atoms with Crippen molar-refractivity contribution in [3.63, 3.8) is 0 Å². The lowest BCUT2D eigenvalue weighted by molar-refractivity contribution is -0.123. The molecule has 162 valence electrons. The Balaban J connectivity index is 1.77. The molecule has 2 aromatic carbocycles. The molecule has 1 heterocycles. The molecule has 0 aliphatic carbocycles. The highest BCUT2D eigenvalue weighted by atomic mass is 32.2. The normalized spacial score (nSPS) is 17.5. The molecule has 0 N–H and O–H groups in total. The number of ether oxygens (including phenoxy) is 1. The Kier molecular flexibility index (Phi) is 6.77. The average Bonchev–Trinajstić information content (AvgIpc) is 2.75. The van der Waals surface area contributed by atoms with E-state index in [1.165, 1.54) is 33.5 Å². The Morgan fingerprint density at radius 1 is 1.23 bits per heavy atom. The molecule has 6 nitrogen and oxygen atoms in total. The van der Waals surface area contributed by atoms with Crippen LogP contribution in [0.5, 0.6) is 5.75 Å². The molecule has 30 heavy (non-hydrogen) atoms. The van der Waals surface area contributed by atoms with E-state index in [4.69, 9.17) is 4.74 Å². The molecule has 0 unspecified atom stereocenters. The van der Waals surface area contributed by atoms with Crippen LogP contribution >= 0.6 is 0 Å². The van der Waals surface area contributed by atoms with E-state index in [2.05, 4.69) is 0 Å². The number of halogens is 1. The number of benzene rings is 2. The highest BCUT2D eigenvalue weighted by Gasteiger charge is 2.35. The molecule has 1 aliphatic rings. The fourth-order valence-electron chi connectivity index (χ4n) is 3.68. The van der Waals surface area contributed by atoms with Crippen LogP contribution in [0.25, 0.3) is 0 Å². The monoisotopic (exact) mass is 434 g/mol. The maximum atomic E-state index is 13.2. The van der Waals surface area contributed by atoms with Gasteiger partial charge in [0.05, 0.1) is 17.4 Å². The van der Waals surface area contributed by atoms with Gasteiger partial charge in [0.25, 0.3) is 0 Å². The van der Waals surface area contributed by atoms with Crippen molar-refractivity contribution in [2.75, 3.05) is 31.6 Å². The summed E-state index contributed by atoms with van der Waals surface area (Å²) >= 11 is 0. The topological polar surface area (TPSA) is 66.9 Å². The van der Waals surface area contributed by atoms with Gasteiger partial charge in [-0.2, -0.15) is 4.31 Å². The van der Waals surface area contributed by atoms with Gasteiger partial charge in [-0.25, -0.2) is 12.8 Å². The van der Waals surface area contributed by atoms with Gasteiger partial charge in [-0.15, -0.1) is 0 Å². The lowest BCUT2D eigenvalue weighted by atomic mass is 9.98. The van der Waals surface area contributed by atoms with Gasteiger partial charge >= 0.3 is 0 Å². The van der Waals surface area contributed by atoms with E-state index in [9.17, 15) is 17.6 Å². The standard InChI is InChI=1S/C22H27FN2O4S/c1-4-29-21-12-11-20(14-16(21)2)30(27,28)25-13-5-6-17(15-25)22(26)24(3)19-9-7-18(23)8-10-19/h7-12,14,17H,4-6,13,15H2,1-3H3/t17-/m1/s1. The number of rotatable bonds is 6. The summed E-state index contributed by atoms with van der Waals surface area (Å²) in [4.78, 5) is 14.6. The fraction of sp³-hybridized carbons (Fsp3) is 0.409. The predicted octanol–water partition coefficient (Wildman–Crippen LogP) is 3.60. The van der Waals surface area contributed by atoms with Gasteiger partial charge in [-0.05, 0) is 74.7 Å². The van der Waals surface area contributed by atoms with Crippen LogP contribution in [-0.4, -0.2) is 45.4 Å². The summed E-state index contributed by atoms with van der Waals surface area (Å²) in [5.41, 5.74) is 1.32. The molecule has 0 bridgehead atoms. The van der Waals surface area contributed by atoms with Crippen molar-refractivity contribution in [2.24, 2.45) is 5.92 Å². The SMILES string of the molecule is CCOc1ccc(S(=O)(=O)N2CCC[C@@H](C(=O)N(C)c3ccc(F)cc3)C2)cc1C. The van der Waals surface area contributed by atoms with E-state index >= 15 is 0 Å². The largest absolute Gasteiger partial charge is 0.494 e. The van der Waals surface area contributed by atoms with E-state index in [-0.39, 0.29) is 23.2 Å². The molecule has 8 heteroatoms. The molecule has 0 spiro atoms. The number of carbonyl (C=O) groups is 1. The molecule has 1 saturated heterocycles. The summed E-state index contributed by atoms with van der Waals surface area (Å²) in [7, 11) is -2.10. The fourth-order valence-corrected chi connectivity index (χ4v) is 5.29. The lowest BCUT2D eigenvalue weighted by Crippen LogP contribution is -2.46. The molecule has 2 aromatic rings. The number of piperidine rings is 1. The molecule has 3 rings (SSSR count). The first-order valence-electron chi connectivity index (χ1n) is 10.0. The number of hydrogen-bond donors (Lipinski definition) is 0. The van der Waals surface area contributed by atoms with E-state index in [0.29, 0.717) is 37.4 Å². The van der Waals surface area contributed by atoms with Crippen LogP contribution in [0.1, 0.15) is 25.3 Å². The molecular formula is C22H27FN2O4S. The van der Waals surface area contributed by atoms with Crippen molar-refractivity contribution in [1.29, 1.82) is 0 Å². The van der Waals surface area contributed by atoms with Gasteiger partial charge in [0.15, 0.2) is 0 Å². The van der Waals surface area contributed by atoms with Crippen molar-refractivity contribution in [3.8, 4) is 5.75 Å². The van der Waals surface area contributed by atoms with Crippen molar-refractivity contribution in [1.82, 2.24) is 4.31 Å². The molecule has 0 saturated carbocycles. The van der Waals surface area contributed by atoms with Gasteiger partial charge in [-0.1, -0.05) is 0 Å². The smallest absolute Gasteiger partial charge is 0.243 e. The number of carbonyl (C=O) groups excluding carboxylic acids is 1. The summed E-state index contributed by atoms with van der Waals surface area (Å²) in [5.74, 6) is -0.346. The van der Waals surface area contributed by atoms with Crippen molar-refractivity contribution in [3.05, 3.63) is 53.8 Å². The Hall–Kier alpha value is -2.45. The average molecular weight is 435 g/mol. The van der Waals surface area contributed by atoms with Crippen LogP contribution in [0.2, 0.25) is 0 Å². The summed E-state index contributed by atoms with van der Waals surface area (Å²) in [6.07, 6.45) is 1.21. The number of anilines is 1. The first-order valence-corrected chi connectivity index (χ1v) is 11.4. The van der Waals surface area contributed by atoms with Gasteiger partial charge < -0.3 is 9.64 Å². The first kappa shape index (κ1) is 22.2. The summed E-state index contributed by atoms with van der Waals surface area (Å²) in [6, 6.07) is 10.5. The molecule has 1 amide bonds. The van der Waals surface area contributed by atoms with Crippen LogP contribution in [-0.2, 0) is 14.8 Å². The summed E-state index contributed by atoms with van der Waals surface area (Å²) < 4.78 is 46.4. The lowest BCUT2D eigenvalue weighted by Gasteiger charge is -2.33. The zero-order valence-electron chi connectivity index (χ0n) is 17.5. The first-order chi connectivity index (χ1) is 14.2. The van der Waals surface area contributed by atoms with Crippen molar-refractivity contribution in [2.45, 2.75) is 31.6 Å². The maximum Gasteiger partial charge on any atom is 0.243 e. The minimum Gasteiger partial charge on any atom is -0.494 e. The minimum absolute atomic E-state index is 0.124. The van der Waals surface area contributed by atoms with Crippen LogP contribution in [0.15, 0.2) is 47.4 Å². The van der Waals surface area contributed by atoms with Crippen molar-refractivity contribution >= 4 is 21.6 Å². The zero-order valence-corrected chi connectivity index (χ0v) is 18.3. The predicted molar refractivity (Wildman–Crippen MR) is 114 cm³/mol. The van der Waals surface area contributed by atoms with Crippen LogP contribution in [0.3, 0.4) is 0 Å². The third-order valence-electron chi connectivity index (χ3n) is 5.36. The summed E-state index contributed by atoms with van der Waals surface area (Å²) in [5, 5.41) is 0. The highest BCUT2D eigenvalue weighted by molar-refractivity contribution is 7.89. The molecule has 1 aliphatic heterocycles. The Labute approximate surface area is 177 Å². The summed E-state index contributed by atoms with van der Waals surface area (Å²) in [6.45, 7) is 4.68. The minimum atomic E-state index is -3.72. The van der Waals surface area contributed by atoms with Crippen LogP contribution in [0.4, 0.5) is 10.1 Å². The van der Waals surface area contributed by atoms with E-state index in [0.717, 1.165) is 5.56 Å². The van der Waals surface area contributed by atoms with Gasteiger partial charge in [0.1, 0.15) is 11.6 Å².